The summed E-state index contributed by atoms with van der Waals surface area (Å²) in [5, 5.41) is 0. The van der Waals surface area contributed by atoms with E-state index in [0.717, 1.165) is 27.0 Å². The molecule has 0 unspecified atom stereocenters. The summed E-state index contributed by atoms with van der Waals surface area (Å²) in [6.07, 6.45) is 5.38. The van der Waals surface area contributed by atoms with Gasteiger partial charge in [-0.25, -0.2) is 19.2 Å². The molecule has 0 bridgehead atoms. The number of aromatic nitrogens is 4. The predicted molar refractivity (Wildman–Crippen MR) is 150 cm³/mol. The van der Waals surface area contributed by atoms with Crippen molar-refractivity contribution in [1.82, 2.24) is 19.1 Å². The molecule has 0 saturated heterocycles. The number of imidazole rings is 2. The fraction of sp³-hybridized carbons (Fsp3) is 0.133. The molecule has 3 aromatic carbocycles. The Labute approximate surface area is 233 Å². The third-order valence-corrected chi connectivity index (χ3v) is 7.56. The van der Waals surface area contributed by atoms with E-state index >= 15 is 4.39 Å². The van der Waals surface area contributed by atoms with Gasteiger partial charge in [0.15, 0.2) is 5.69 Å². The van der Waals surface area contributed by atoms with Crippen LogP contribution in [-0.2, 0) is 30.8 Å². The lowest BCUT2D eigenvalue weighted by Gasteiger charge is -2.23. The first-order valence-corrected chi connectivity index (χ1v) is 13.1. The van der Waals surface area contributed by atoms with Crippen molar-refractivity contribution in [3.63, 3.8) is 0 Å². The number of benzene rings is 3. The molecule has 2 aromatic heterocycles. The lowest BCUT2D eigenvalue weighted by atomic mass is 10.1. The monoisotopic (exact) mass is 580 g/mol. The van der Waals surface area contributed by atoms with Crippen molar-refractivity contribution < 1.29 is 9.18 Å². The van der Waals surface area contributed by atoms with Crippen LogP contribution in [0.1, 0.15) is 22.6 Å². The van der Waals surface area contributed by atoms with Crippen LogP contribution in [0.15, 0.2) is 89.9 Å². The van der Waals surface area contributed by atoms with Gasteiger partial charge in [-0.1, -0.05) is 64.5 Å². The maximum Gasteiger partial charge on any atom is 0.233 e. The zero-order valence-corrected chi connectivity index (χ0v) is 22.3. The predicted octanol–water partition coefficient (Wildman–Crippen LogP) is 6.38. The summed E-state index contributed by atoms with van der Waals surface area (Å²) in [7, 11) is 0. The van der Waals surface area contributed by atoms with Crippen LogP contribution in [0.2, 0.25) is 0 Å². The SMILES string of the molecule is [C-]#[N+]c1ccc(Cn2cncc2CC(=O)N2Cc3nc(-c4ccccc4Br)cn3Cc3c(F)cccc32)cc1. The zero-order valence-electron chi connectivity index (χ0n) is 20.8. The van der Waals surface area contributed by atoms with Crippen molar-refractivity contribution in [2.24, 2.45) is 0 Å². The molecule has 5 aromatic rings. The molecule has 0 fully saturated rings. The van der Waals surface area contributed by atoms with E-state index in [-0.39, 0.29) is 31.2 Å². The molecular weight excluding hydrogens is 559 g/mol. The molecule has 0 N–H and O–H groups in total. The molecule has 0 spiro atoms. The standard InChI is InChI=1S/C30H22BrFN6O/c1-33-21-11-9-20(10-12-21)15-37-19-34-14-22(37)13-30(39)38-18-29-35-27(23-5-2-3-6-25(23)31)17-36(29)16-24-26(32)7-4-8-28(24)38/h2-12,14,17,19H,13,15-16,18H2. The van der Waals surface area contributed by atoms with Gasteiger partial charge in [0.25, 0.3) is 0 Å². The normalized spacial score (nSPS) is 12.4. The molecule has 9 heteroatoms. The van der Waals surface area contributed by atoms with Crippen LogP contribution >= 0.6 is 15.9 Å². The maximum atomic E-state index is 15.1. The largest absolute Gasteiger partial charge is 0.330 e. The molecule has 0 saturated carbocycles. The minimum Gasteiger partial charge on any atom is -0.330 e. The second kappa shape index (κ2) is 10.3. The molecule has 0 aliphatic carbocycles. The second-order valence-electron chi connectivity index (χ2n) is 9.34. The van der Waals surface area contributed by atoms with Crippen LogP contribution in [0.5, 0.6) is 0 Å². The van der Waals surface area contributed by atoms with E-state index in [1.165, 1.54) is 6.07 Å². The average molecular weight is 581 g/mol. The van der Waals surface area contributed by atoms with Crippen LogP contribution in [0.25, 0.3) is 16.1 Å². The minimum absolute atomic E-state index is 0.0912. The van der Waals surface area contributed by atoms with Crippen LogP contribution in [-0.4, -0.2) is 25.0 Å². The van der Waals surface area contributed by atoms with Gasteiger partial charge in [-0.15, -0.1) is 0 Å². The Morgan fingerprint density at radius 3 is 2.67 bits per heavy atom. The molecule has 39 heavy (non-hydrogen) atoms. The van der Waals surface area contributed by atoms with Gasteiger partial charge in [0.2, 0.25) is 5.91 Å². The fourth-order valence-corrected chi connectivity index (χ4v) is 5.34. The average Bonchev–Trinajstić information content (AvgIpc) is 3.51. The van der Waals surface area contributed by atoms with Gasteiger partial charge in [0.1, 0.15) is 11.6 Å². The number of amides is 1. The Morgan fingerprint density at radius 2 is 1.87 bits per heavy atom. The molecule has 1 aliphatic heterocycles. The van der Waals surface area contributed by atoms with Crippen LogP contribution < -0.4 is 4.90 Å². The quantitative estimate of drug-likeness (QED) is 0.226. The molecule has 7 nitrogen and oxygen atoms in total. The lowest BCUT2D eigenvalue weighted by Crippen LogP contribution is -2.33. The maximum absolute atomic E-state index is 15.1. The second-order valence-corrected chi connectivity index (χ2v) is 10.2. The molecule has 1 amide bonds. The fourth-order valence-electron chi connectivity index (χ4n) is 4.85. The summed E-state index contributed by atoms with van der Waals surface area (Å²) >= 11 is 3.59. The third kappa shape index (κ3) is 4.87. The Hall–Kier alpha value is -4.55. The highest BCUT2D eigenvalue weighted by Gasteiger charge is 2.28. The van der Waals surface area contributed by atoms with Gasteiger partial charge >= 0.3 is 0 Å². The number of rotatable bonds is 5. The number of fused-ring (bicyclic) bond motifs is 2. The Balaban J connectivity index is 1.31. The first kappa shape index (κ1) is 24.8. The number of carbonyl (C=O) groups excluding carboxylic acids is 1. The number of hydrogen-bond acceptors (Lipinski definition) is 3. The van der Waals surface area contributed by atoms with Crippen LogP contribution in [0.3, 0.4) is 0 Å². The zero-order chi connectivity index (χ0) is 26.9. The minimum atomic E-state index is -0.359. The van der Waals surface area contributed by atoms with Crippen molar-refractivity contribution in [2.45, 2.75) is 26.1 Å². The van der Waals surface area contributed by atoms with Gasteiger partial charge < -0.3 is 14.0 Å². The molecule has 3 heterocycles. The lowest BCUT2D eigenvalue weighted by molar-refractivity contribution is -0.118. The van der Waals surface area contributed by atoms with Crippen LogP contribution in [0.4, 0.5) is 15.8 Å². The van der Waals surface area contributed by atoms with E-state index in [4.69, 9.17) is 11.6 Å². The van der Waals surface area contributed by atoms with Gasteiger partial charge in [-0.3, -0.25) is 4.79 Å². The summed E-state index contributed by atoms with van der Waals surface area (Å²) in [5.74, 6) is 0.145. The third-order valence-electron chi connectivity index (χ3n) is 6.87. The van der Waals surface area contributed by atoms with E-state index in [2.05, 4.69) is 25.8 Å². The van der Waals surface area contributed by atoms with E-state index in [0.29, 0.717) is 29.3 Å². The first-order valence-electron chi connectivity index (χ1n) is 12.3. The highest BCUT2D eigenvalue weighted by Crippen LogP contribution is 2.33. The van der Waals surface area contributed by atoms with E-state index in [9.17, 15) is 4.79 Å². The van der Waals surface area contributed by atoms with Crippen molar-refractivity contribution in [2.75, 3.05) is 4.90 Å². The van der Waals surface area contributed by atoms with E-state index in [1.54, 1.807) is 41.7 Å². The van der Waals surface area contributed by atoms with Crippen molar-refractivity contribution in [3.05, 3.63) is 130 Å². The summed E-state index contributed by atoms with van der Waals surface area (Å²) in [6, 6.07) is 20.0. The Kier molecular flexibility index (Phi) is 6.55. The Bertz CT molecular complexity index is 1730. The van der Waals surface area contributed by atoms with E-state index < -0.39 is 0 Å². The van der Waals surface area contributed by atoms with E-state index in [1.807, 2.05) is 51.7 Å². The topological polar surface area (TPSA) is 60.3 Å². The number of halogens is 2. The van der Waals surface area contributed by atoms with Gasteiger partial charge in [-0.2, -0.15) is 0 Å². The van der Waals surface area contributed by atoms with Gasteiger partial charge in [0.05, 0.1) is 43.8 Å². The molecule has 6 rings (SSSR count). The first-order chi connectivity index (χ1) is 19.0. The highest BCUT2D eigenvalue weighted by molar-refractivity contribution is 9.10. The van der Waals surface area contributed by atoms with Gasteiger partial charge in [0, 0.05) is 40.2 Å². The number of nitrogens with zero attached hydrogens (tertiary/aromatic N) is 6. The van der Waals surface area contributed by atoms with Crippen LogP contribution in [0, 0.1) is 12.4 Å². The smallest absolute Gasteiger partial charge is 0.233 e. The van der Waals surface area contributed by atoms with Crippen molar-refractivity contribution in [3.8, 4) is 11.3 Å². The Morgan fingerprint density at radius 1 is 1.05 bits per heavy atom. The van der Waals surface area contributed by atoms with Crippen molar-refractivity contribution >= 4 is 33.2 Å². The molecule has 0 radical (unpaired) electrons. The summed E-state index contributed by atoms with van der Waals surface area (Å²) in [4.78, 5) is 28.0. The summed E-state index contributed by atoms with van der Waals surface area (Å²) in [6.45, 7) is 8.14. The molecule has 1 aliphatic rings. The molecule has 0 atom stereocenters. The molecule has 192 valence electrons. The van der Waals surface area contributed by atoms with Crippen molar-refractivity contribution in [1.29, 1.82) is 0 Å². The summed E-state index contributed by atoms with van der Waals surface area (Å²) in [5.41, 5.74) is 5.01. The number of hydrogen-bond donors (Lipinski definition) is 0. The summed E-state index contributed by atoms with van der Waals surface area (Å²) < 4.78 is 19.8. The highest BCUT2D eigenvalue weighted by atomic mass is 79.9. The number of anilines is 1. The number of carbonyl (C=O) groups is 1. The van der Waals surface area contributed by atoms with Gasteiger partial charge in [-0.05, 0) is 23.8 Å². The molecular formula is C30H22BrFN6O.